The first-order valence-corrected chi connectivity index (χ1v) is 7.58. The molecule has 0 aliphatic heterocycles. The van der Waals surface area contributed by atoms with E-state index in [4.69, 9.17) is 10.8 Å². The molecule has 1 rings (SSSR count). The minimum absolute atomic E-state index is 0.199. The second-order valence-electron chi connectivity index (χ2n) is 5.77. The quantitative estimate of drug-likeness (QED) is 0.733. The Labute approximate surface area is 119 Å². The van der Waals surface area contributed by atoms with Gasteiger partial charge in [0.05, 0.1) is 10.5 Å². The molecule has 0 saturated heterocycles. The van der Waals surface area contributed by atoms with Crippen LogP contribution in [0.3, 0.4) is 0 Å². The number of nitrogens with one attached hydrogen (secondary N) is 1. The van der Waals surface area contributed by atoms with E-state index in [2.05, 4.69) is 4.72 Å². The Morgan fingerprint density at radius 3 is 2.35 bits per heavy atom. The topological polar surface area (TPSA) is 109 Å². The van der Waals surface area contributed by atoms with Crippen molar-refractivity contribution < 1.29 is 18.3 Å². The third-order valence-corrected chi connectivity index (χ3v) is 4.75. The lowest BCUT2D eigenvalue weighted by Gasteiger charge is -2.28. The van der Waals surface area contributed by atoms with E-state index in [-0.39, 0.29) is 27.6 Å². The molecule has 0 heterocycles. The van der Waals surface area contributed by atoms with Crippen LogP contribution in [0.1, 0.15) is 38.1 Å². The fraction of sp³-hybridized carbons (Fsp3) is 0.462. The van der Waals surface area contributed by atoms with Crippen LogP contribution in [0.2, 0.25) is 0 Å². The van der Waals surface area contributed by atoms with Gasteiger partial charge in [-0.1, -0.05) is 20.8 Å². The fourth-order valence-corrected chi connectivity index (χ4v) is 3.05. The lowest BCUT2D eigenvalue weighted by molar-refractivity contribution is 0.0692. The number of sulfonamides is 1. The van der Waals surface area contributed by atoms with Gasteiger partial charge >= 0.3 is 5.97 Å². The number of nitrogen functional groups attached to an aromatic ring is 1. The number of hydrogen-bond acceptors (Lipinski definition) is 4. The van der Waals surface area contributed by atoms with Gasteiger partial charge in [0.15, 0.2) is 0 Å². The smallest absolute Gasteiger partial charge is 0.337 e. The minimum Gasteiger partial charge on any atom is -0.478 e. The van der Waals surface area contributed by atoms with Gasteiger partial charge in [0.25, 0.3) is 0 Å². The summed E-state index contributed by atoms with van der Waals surface area (Å²) in [4.78, 5) is 10.9. The number of nitrogens with two attached hydrogens (primary N) is 1. The molecule has 1 aromatic carbocycles. The van der Waals surface area contributed by atoms with Crippen LogP contribution in [-0.2, 0) is 10.0 Å². The summed E-state index contributed by atoms with van der Waals surface area (Å²) >= 11 is 0. The Morgan fingerprint density at radius 1 is 1.35 bits per heavy atom. The molecule has 112 valence electrons. The van der Waals surface area contributed by atoms with E-state index >= 15 is 0 Å². The summed E-state index contributed by atoms with van der Waals surface area (Å²) in [6.45, 7) is 7.40. The Balaban J connectivity index is 3.27. The number of anilines is 1. The third-order valence-electron chi connectivity index (χ3n) is 3.15. The highest BCUT2D eigenvalue weighted by molar-refractivity contribution is 7.89. The number of benzene rings is 1. The predicted octanol–water partition coefficient (Wildman–Crippen LogP) is 1.68. The molecule has 0 radical (unpaired) electrons. The van der Waals surface area contributed by atoms with Crippen molar-refractivity contribution in [1.29, 1.82) is 0 Å². The van der Waals surface area contributed by atoms with Crippen LogP contribution in [0.5, 0.6) is 0 Å². The Bertz CT molecular complexity index is 618. The van der Waals surface area contributed by atoms with E-state index < -0.39 is 16.0 Å². The predicted molar refractivity (Wildman–Crippen MR) is 77.1 cm³/mol. The summed E-state index contributed by atoms with van der Waals surface area (Å²) in [6, 6.07) is 3.35. The van der Waals surface area contributed by atoms with Crippen LogP contribution in [0.25, 0.3) is 0 Å². The molecule has 0 aromatic heterocycles. The number of aromatic carboxylic acids is 1. The van der Waals surface area contributed by atoms with Crippen LogP contribution in [0.15, 0.2) is 23.1 Å². The number of carboxylic acid groups (broad SMARTS) is 1. The molecular weight excluding hydrogens is 280 g/mol. The zero-order valence-corrected chi connectivity index (χ0v) is 12.8. The Kier molecular flexibility index (Phi) is 4.45. The van der Waals surface area contributed by atoms with Crippen LogP contribution in [-0.4, -0.2) is 25.5 Å². The van der Waals surface area contributed by atoms with Crippen molar-refractivity contribution in [3.63, 3.8) is 0 Å². The minimum atomic E-state index is -3.92. The van der Waals surface area contributed by atoms with Crippen LogP contribution >= 0.6 is 0 Å². The second-order valence-corrected chi connectivity index (χ2v) is 7.45. The highest BCUT2D eigenvalue weighted by Gasteiger charge is 2.28. The van der Waals surface area contributed by atoms with Gasteiger partial charge in [-0.3, -0.25) is 0 Å². The highest BCUT2D eigenvalue weighted by Crippen LogP contribution is 2.23. The van der Waals surface area contributed by atoms with Gasteiger partial charge in [0.1, 0.15) is 0 Å². The standard InChI is InChI=1S/C13H20N2O4S/c1-8(13(2,3)4)15-20(18,19)11-6-5-9(14)7-10(11)12(16)17/h5-8,15H,14H2,1-4H3,(H,16,17). The van der Waals surface area contributed by atoms with E-state index in [0.29, 0.717) is 0 Å². The van der Waals surface area contributed by atoms with Crippen LogP contribution in [0.4, 0.5) is 5.69 Å². The first-order chi connectivity index (χ1) is 8.95. The van der Waals surface area contributed by atoms with Gasteiger partial charge in [-0.2, -0.15) is 0 Å². The van der Waals surface area contributed by atoms with Crippen molar-refractivity contribution in [2.24, 2.45) is 5.41 Å². The number of carbonyl (C=O) groups is 1. The normalized spacial score (nSPS) is 14.0. The van der Waals surface area contributed by atoms with Gasteiger partial charge in [-0.05, 0) is 30.5 Å². The molecule has 20 heavy (non-hydrogen) atoms. The zero-order chi connectivity index (χ0) is 15.7. The summed E-state index contributed by atoms with van der Waals surface area (Å²) in [5.74, 6) is -1.33. The van der Waals surface area contributed by atoms with Crippen LogP contribution in [0, 0.1) is 5.41 Å². The fourth-order valence-electron chi connectivity index (χ4n) is 1.42. The summed E-state index contributed by atoms with van der Waals surface area (Å²) in [7, 11) is -3.92. The molecule has 0 amide bonds. The molecule has 6 nitrogen and oxygen atoms in total. The molecule has 1 atom stereocenters. The van der Waals surface area contributed by atoms with E-state index in [9.17, 15) is 13.2 Å². The maximum atomic E-state index is 12.3. The number of hydrogen-bond donors (Lipinski definition) is 3. The van der Waals surface area contributed by atoms with Gasteiger partial charge < -0.3 is 10.8 Å². The van der Waals surface area contributed by atoms with Crippen molar-refractivity contribution in [1.82, 2.24) is 4.72 Å². The molecule has 0 bridgehead atoms. The molecular formula is C13H20N2O4S. The SMILES string of the molecule is CC(NS(=O)(=O)c1ccc(N)cc1C(=O)O)C(C)(C)C. The monoisotopic (exact) mass is 300 g/mol. The van der Waals surface area contributed by atoms with Crippen LogP contribution < -0.4 is 10.5 Å². The summed E-state index contributed by atoms with van der Waals surface area (Å²) in [5.41, 5.74) is 5.08. The summed E-state index contributed by atoms with van der Waals surface area (Å²) in [6.07, 6.45) is 0. The van der Waals surface area contributed by atoms with Crippen molar-refractivity contribution in [3.05, 3.63) is 23.8 Å². The highest BCUT2D eigenvalue weighted by atomic mass is 32.2. The number of carboxylic acids is 1. The van der Waals surface area contributed by atoms with E-state index in [1.807, 2.05) is 20.8 Å². The van der Waals surface area contributed by atoms with Gasteiger partial charge in [0.2, 0.25) is 10.0 Å². The lowest BCUT2D eigenvalue weighted by atomic mass is 9.89. The molecule has 1 aromatic rings. The second kappa shape index (κ2) is 5.41. The third kappa shape index (κ3) is 3.71. The maximum Gasteiger partial charge on any atom is 0.337 e. The zero-order valence-electron chi connectivity index (χ0n) is 12.0. The summed E-state index contributed by atoms with van der Waals surface area (Å²) in [5, 5.41) is 9.10. The summed E-state index contributed by atoms with van der Waals surface area (Å²) < 4.78 is 27.1. The van der Waals surface area contributed by atoms with Crippen molar-refractivity contribution in [2.75, 3.05) is 5.73 Å². The molecule has 0 saturated carbocycles. The van der Waals surface area contributed by atoms with E-state index in [1.54, 1.807) is 6.92 Å². The van der Waals surface area contributed by atoms with Gasteiger partial charge in [0, 0.05) is 11.7 Å². The molecule has 0 aliphatic rings. The first-order valence-electron chi connectivity index (χ1n) is 6.10. The maximum absolute atomic E-state index is 12.3. The van der Waals surface area contributed by atoms with E-state index in [0.717, 1.165) is 6.07 Å². The van der Waals surface area contributed by atoms with Gasteiger partial charge in [-0.25, -0.2) is 17.9 Å². The van der Waals surface area contributed by atoms with Crippen molar-refractivity contribution >= 4 is 21.7 Å². The molecule has 1 unspecified atom stereocenters. The van der Waals surface area contributed by atoms with E-state index in [1.165, 1.54) is 12.1 Å². The average Bonchev–Trinajstić information content (AvgIpc) is 2.26. The van der Waals surface area contributed by atoms with Crippen molar-refractivity contribution in [3.8, 4) is 0 Å². The van der Waals surface area contributed by atoms with Crippen molar-refractivity contribution in [2.45, 2.75) is 38.6 Å². The molecule has 0 aliphatic carbocycles. The first kappa shape index (κ1) is 16.5. The Hall–Kier alpha value is -1.60. The lowest BCUT2D eigenvalue weighted by Crippen LogP contribution is -2.41. The molecule has 4 N–H and O–H groups in total. The average molecular weight is 300 g/mol. The van der Waals surface area contributed by atoms with Gasteiger partial charge in [-0.15, -0.1) is 0 Å². The molecule has 7 heteroatoms. The molecule has 0 fully saturated rings. The largest absolute Gasteiger partial charge is 0.478 e. The Morgan fingerprint density at radius 2 is 1.90 bits per heavy atom. The number of rotatable bonds is 4. The molecule has 0 spiro atoms.